The Kier molecular flexibility index (Phi) is 4.82. The number of rotatable bonds is 4. The van der Waals surface area contributed by atoms with Crippen LogP contribution in [0.15, 0.2) is 34.8 Å². The number of phenols is 1. The predicted octanol–water partition coefficient (Wildman–Crippen LogP) is 3.36. The van der Waals surface area contributed by atoms with Crippen LogP contribution in [0, 0.1) is 0 Å². The highest BCUT2D eigenvalue weighted by atomic mass is 79.9. The molecule has 30 heavy (non-hydrogen) atoms. The van der Waals surface area contributed by atoms with Crippen molar-refractivity contribution in [2.45, 2.75) is 44.8 Å². The fourth-order valence-electron chi connectivity index (χ4n) is 4.07. The van der Waals surface area contributed by atoms with Crippen LogP contribution in [-0.4, -0.2) is 34.1 Å². The van der Waals surface area contributed by atoms with Gasteiger partial charge in [0, 0.05) is 34.5 Å². The molecule has 8 heteroatoms. The fraction of sp³-hybridized carbons (Fsp3) is 0.364. The summed E-state index contributed by atoms with van der Waals surface area (Å²) >= 11 is 3.46. The molecule has 2 heterocycles. The first-order chi connectivity index (χ1) is 14.1. The van der Waals surface area contributed by atoms with E-state index in [0.29, 0.717) is 27.9 Å². The van der Waals surface area contributed by atoms with Crippen molar-refractivity contribution in [1.29, 1.82) is 0 Å². The molecule has 4 rings (SSSR count). The van der Waals surface area contributed by atoms with Gasteiger partial charge in [-0.3, -0.25) is 4.79 Å². The number of hydrogen-bond acceptors (Lipinski definition) is 7. The van der Waals surface area contributed by atoms with Gasteiger partial charge in [0.2, 0.25) is 5.78 Å². The van der Waals surface area contributed by atoms with Crippen molar-refractivity contribution in [3.8, 4) is 11.5 Å². The third-order valence-electron chi connectivity index (χ3n) is 5.42. The van der Waals surface area contributed by atoms with E-state index in [2.05, 4.69) is 15.9 Å². The molecule has 1 atom stereocenters. The van der Waals surface area contributed by atoms with E-state index in [0.717, 1.165) is 5.56 Å². The molecule has 0 bridgehead atoms. The van der Waals surface area contributed by atoms with Crippen LogP contribution in [0.4, 0.5) is 5.69 Å². The van der Waals surface area contributed by atoms with E-state index in [1.54, 1.807) is 31.2 Å². The van der Waals surface area contributed by atoms with E-state index in [-0.39, 0.29) is 24.3 Å². The molecule has 0 aromatic heterocycles. The second kappa shape index (κ2) is 6.99. The number of fused-ring (bicyclic) bond motifs is 2. The maximum Gasteiger partial charge on any atom is 0.398 e. The average molecular weight is 476 g/mol. The van der Waals surface area contributed by atoms with Crippen LogP contribution in [-0.2, 0) is 26.4 Å². The number of ether oxygens (including phenoxy) is 1. The molecular formula is C22H22BrNO6. The quantitative estimate of drug-likeness (QED) is 0.654. The summed E-state index contributed by atoms with van der Waals surface area (Å²) < 4.78 is 6.45. The number of carbonyl (C=O) groups excluding carboxylic acids is 2. The number of hydroxylamine groups is 1. The third kappa shape index (κ3) is 3.24. The number of aromatic hydroxyl groups is 1. The zero-order valence-corrected chi connectivity index (χ0v) is 18.4. The van der Waals surface area contributed by atoms with Crippen molar-refractivity contribution in [2.24, 2.45) is 0 Å². The summed E-state index contributed by atoms with van der Waals surface area (Å²) in [6.07, 6.45) is 0.641. The van der Waals surface area contributed by atoms with Gasteiger partial charge in [-0.2, -0.15) is 0 Å². The lowest BCUT2D eigenvalue weighted by molar-refractivity contribution is -0.155. The number of β-amino-alcohol motifs (C(OH)–C–C–N with tert-alkyl or cyclic N) is 1. The van der Waals surface area contributed by atoms with E-state index in [9.17, 15) is 19.8 Å². The monoisotopic (exact) mass is 475 g/mol. The lowest BCUT2D eigenvalue weighted by Crippen LogP contribution is -2.37. The van der Waals surface area contributed by atoms with E-state index < -0.39 is 23.0 Å². The zero-order valence-electron chi connectivity index (χ0n) is 16.9. The van der Waals surface area contributed by atoms with Gasteiger partial charge in [-0.1, -0.05) is 28.9 Å². The molecule has 2 aromatic carbocycles. The van der Waals surface area contributed by atoms with Gasteiger partial charge in [-0.25, -0.2) is 9.86 Å². The van der Waals surface area contributed by atoms with Crippen molar-refractivity contribution in [3.63, 3.8) is 0 Å². The molecule has 2 aromatic rings. The van der Waals surface area contributed by atoms with Crippen LogP contribution in [0.5, 0.6) is 11.5 Å². The Hall–Kier alpha value is -2.58. The van der Waals surface area contributed by atoms with E-state index in [1.165, 1.54) is 11.1 Å². The van der Waals surface area contributed by atoms with Gasteiger partial charge in [0.05, 0.1) is 12.2 Å². The van der Waals surface area contributed by atoms with E-state index >= 15 is 0 Å². The van der Waals surface area contributed by atoms with Crippen LogP contribution in [0.2, 0.25) is 0 Å². The Morgan fingerprint density at radius 2 is 2.03 bits per heavy atom. The number of ketones is 1. The van der Waals surface area contributed by atoms with Crippen molar-refractivity contribution >= 4 is 33.4 Å². The molecule has 0 aliphatic carbocycles. The standard InChI is InChI=1S/C22H22BrNO6/c1-4-16(25)20(27)30-24-11-22(28,19-14(23)6-5-7-15(19)24)13-8-12-10-21(2,3)29-18(12)9-17(13)26/h5-9,26,28H,4,10-11H2,1-3H3. The van der Waals surface area contributed by atoms with Crippen molar-refractivity contribution in [1.82, 2.24) is 0 Å². The highest BCUT2D eigenvalue weighted by Gasteiger charge is 2.48. The summed E-state index contributed by atoms with van der Waals surface area (Å²) in [5.74, 6) is -1.22. The van der Waals surface area contributed by atoms with E-state index in [1.807, 2.05) is 13.8 Å². The van der Waals surface area contributed by atoms with Crippen molar-refractivity contribution in [3.05, 3.63) is 51.5 Å². The molecule has 2 aliphatic heterocycles. The number of halogens is 1. The number of carbonyl (C=O) groups is 2. The number of benzene rings is 2. The molecular weight excluding hydrogens is 454 g/mol. The van der Waals surface area contributed by atoms with Gasteiger partial charge in [0.15, 0.2) is 0 Å². The Bertz CT molecular complexity index is 1070. The fourth-order valence-corrected chi connectivity index (χ4v) is 4.75. The minimum atomic E-state index is -1.68. The van der Waals surface area contributed by atoms with Gasteiger partial charge < -0.3 is 19.8 Å². The second-order valence-electron chi connectivity index (χ2n) is 8.20. The predicted molar refractivity (Wildman–Crippen MR) is 112 cm³/mol. The summed E-state index contributed by atoms with van der Waals surface area (Å²) in [4.78, 5) is 29.1. The van der Waals surface area contributed by atoms with Gasteiger partial charge >= 0.3 is 5.97 Å². The first-order valence-electron chi connectivity index (χ1n) is 9.65. The Balaban J connectivity index is 1.80. The Labute approximate surface area is 182 Å². The lowest BCUT2D eigenvalue weighted by Gasteiger charge is -2.26. The molecule has 2 aliphatic rings. The topological polar surface area (TPSA) is 96.3 Å². The average Bonchev–Trinajstić information content (AvgIpc) is 3.13. The van der Waals surface area contributed by atoms with Crippen LogP contribution in [0.3, 0.4) is 0 Å². The second-order valence-corrected chi connectivity index (χ2v) is 9.06. The minimum Gasteiger partial charge on any atom is -0.507 e. The highest BCUT2D eigenvalue weighted by Crippen LogP contribution is 2.51. The summed E-state index contributed by atoms with van der Waals surface area (Å²) in [5.41, 5.74) is -0.0819. The van der Waals surface area contributed by atoms with Gasteiger partial charge in [0.1, 0.15) is 22.7 Å². The molecule has 7 nitrogen and oxygen atoms in total. The van der Waals surface area contributed by atoms with Crippen molar-refractivity contribution < 1.29 is 29.4 Å². The van der Waals surface area contributed by atoms with Crippen LogP contribution >= 0.6 is 15.9 Å². The van der Waals surface area contributed by atoms with Crippen LogP contribution < -0.4 is 9.80 Å². The molecule has 158 valence electrons. The molecule has 0 saturated carbocycles. The Morgan fingerprint density at radius 1 is 1.30 bits per heavy atom. The number of aliphatic hydroxyl groups is 1. The third-order valence-corrected chi connectivity index (χ3v) is 6.08. The van der Waals surface area contributed by atoms with Crippen molar-refractivity contribution in [2.75, 3.05) is 11.6 Å². The number of phenolic OH excluding ortho intramolecular Hbond substituents is 1. The smallest absolute Gasteiger partial charge is 0.398 e. The lowest BCUT2D eigenvalue weighted by atomic mass is 9.85. The first-order valence-corrected chi connectivity index (χ1v) is 10.4. The summed E-state index contributed by atoms with van der Waals surface area (Å²) in [6, 6.07) is 8.39. The molecule has 0 amide bonds. The largest absolute Gasteiger partial charge is 0.507 e. The number of Topliss-reactive ketones (excluding diaryl/α,β-unsaturated/α-hetero) is 1. The minimum absolute atomic E-state index is 0.0175. The number of hydrogen-bond donors (Lipinski definition) is 2. The molecule has 0 spiro atoms. The molecule has 0 radical (unpaired) electrons. The maximum absolute atomic E-state index is 12.1. The highest BCUT2D eigenvalue weighted by molar-refractivity contribution is 9.10. The van der Waals surface area contributed by atoms with Gasteiger partial charge in [0.25, 0.3) is 0 Å². The SMILES string of the molecule is CCC(=O)C(=O)ON1CC(O)(c2cc3c(cc2O)OC(C)(C)C3)c2c(Br)cccc21. The first kappa shape index (κ1) is 20.7. The molecule has 0 fully saturated rings. The molecule has 2 N–H and O–H groups in total. The normalized spacial score (nSPS) is 21.0. The summed E-state index contributed by atoms with van der Waals surface area (Å²) in [5, 5.41) is 23.7. The number of nitrogens with zero attached hydrogens (tertiary/aromatic N) is 1. The van der Waals surface area contributed by atoms with Gasteiger partial charge in [-0.05, 0) is 37.6 Å². The zero-order chi connectivity index (χ0) is 21.8. The maximum atomic E-state index is 12.1. The Morgan fingerprint density at radius 3 is 2.73 bits per heavy atom. The number of anilines is 1. The molecule has 1 unspecified atom stereocenters. The molecule has 0 saturated heterocycles. The van der Waals surface area contributed by atoms with Crippen LogP contribution in [0.25, 0.3) is 0 Å². The van der Waals surface area contributed by atoms with Crippen LogP contribution in [0.1, 0.15) is 43.9 Å². The summed E-state index contributed by atoms with van der Waals surface area (Å²) in [7, 11) is 0. The summed E-state index contributed by atoms with van der Waals surface area (Å²) in [6.45, 7) is 5.29. The van der Waals surface area contributed by atoms with E-state index in [4.69, 9.17) is 9.57 Å². The van der Waals surface area contributed by atoms with Gasteiger partial charge in [-0.15, -0.1) is 0 Å².